The highest BCUT2D eigenvalue weighted by molar-refractivity contribution is 7.16. The van der Waals surface area contributed by atoms with Crippen LogP contribution in [0.3, 0.4) is 0 Å². The lowest BCUT2D eigenvalue weighted by molar-refractivity contribution is 0.0519. The molecule has 0 aliphatic rings. The molecule has 0 bridgehead atoms. The van der Waals surface area contributed by atoms with Crippen molar-refractivity contribution in [2.24, 2.45) is 4.99 Å². The number of fused-ring (bicyclic) bond motifs is 1. The Bertz CT molecular complexity index is 2130. The fourth-order valence-corrected chi connectivity index (χ4v) is 7.90. The second-order valence-corrected chi connectivity index (χ2v) is 21.7. The smallest absolute Gasteiger partial charge is 0.358 e. The predicted molar refractivity (Wildman–Crippen MR) is 218 cm³/mol. The molecule has 0 aliphatic carbocycles. The van der Waals surface area contributed by atoms with E-state index in [2.05, 4.69) is 58.4 Å². The van der Waals surface area contributed by atoms with Crippen molar-refractivity contribution in [3.8, 4) is 17.6 Å². The van der Waals surface area contributed by atoms with E-state index < -0.39 is 14.0 Å². The summed E-state index contributed by atoms with van der Waals surface area (Å²) in [7, 11) is 4.65. The van der Waals surface area contributed by atoms with Crippen LogP contribution in [0.4, 0.5) is 16.8 Å². The van der Waals surface area contributed by atoms with Gasteiger partial charge in [0.05, 0.1) is 30.0 Å². The average molecular weight is 772 g/mol. The van der Waals surface area contributed by atoms with E-state index in [1.165, 1.54) is 11.3 Å². The van der Waals surface area contributed by atoms with Crippen LogP contribution in [0.15, 0.2) is 59.6 Å². The molecule has 0 N–H and O–H groups in total. The van der Waals surface area contributed by atoms with Gasteiger partial charge in [-0.2, -0.15) is 4.99 Å². The number of rotatable bonds is 16. The minimum Gasteiger partial charge on any atom is -0.494 e. The topological polar surface area (TPSA) is 107 Å². The van der Waals surface area contributed by atoms with Gasteiger partial charge in [0.1, 0.15) is 12.5 Å². The maximum atomic E-state index is 12.9. The van der Waals surface area contributed by atoms with Crippen molar-refractivity contribution < 1.29 is 19.0 Å². The summed E-state index contributed by atoms with van der Waals surface area (Å²) in [6, 6.07) is 19.1. The maximum absolute atomic E-state index is 12.9. The number of esters is 1. The Labute approximate surface area is 321 Å². The summed E-state index contributed by atoms with van der Waals surface area (Å²) in [5.41, 5.74) is 3.20. The number of thiazole rings is 2. The Balaban J connectivity index is 1.29. The number of hydrogen-bond acceptors (Lipinski definition) is 12. The van der Waals surface area contributed by atoms with Gasteiger partial charge in [-0.3, -0.25) is 9.47 Å². The maximum Gasteiger partial charge on any atom is 0.358 e. The van der Waals surface area contributed by atoms with Crippen LogP contribution in [0.5, 0.6) is 5.75 Å². The molecule has 5 aromatic rings. The number of aryl methyl sites for hydroxylation is 2. The van der Waals surface area contributed by atoms with Crippen molar-refractivity contribution in [3.63, 3.8) is 0 Å². The van der Waals surface area contributed by atoms with Crippen LogP contribution in [0.25, 0.3) is 10.2 Å². The summed E-state index contributed by atoms with van der Waals surface area (Å²) in [6.07, 6.45) is 1.30. The Hall–Kier alpha value is -4.39. The van der Waals surface area contributed by atoms with E-state index in [1.54, 1.807) is 18.3 Å². The number of para-hydroxylation sites is 1. The van der Waals surface area contributed by atoms with Crippen LogP contribution in [-0.4, -0.2) is 86.2 Å². The Morgan fingerprint density at radius 1 is 1.02 bits per heavy atom. The van der Waals surface area contributed by atoms with Gasteiger partial charge in [-0.05, 0) is 94.9 Å². The summed E-state index contributed by atoms with van der Waals surface area (Å²) in [6.45, 7) is 13.4. The van der Waals surface area contributed by atoms with E-state index >= 15 is 0 Å². The first kappa shape index (κ1) is 39.8. The largest absolute Gasteiger partial charge is 0.494 e. The molecule has 280 valence electrons. The van der Waals surface area contributed by atoms with Gasteiger partial charge in [0.2, 0.25) is 0 Å². The molecule has 14 heteroatoms. The van der Waals surface area contributed by atoms with Gasteiger partial charge in [0.15, 0.2) is 27.3 Å². The minimum atomic E-state index is -1.21. The third kappa shape index (κ3) is 11.3. The van der Waals surface area contributed by atoms with E-state index in [9.17, 15) is 4.79 Å². The van der Waals surface area contributed by atoms with Gasteiger partial charge in [0.25, 0.3) is 0 Å². The van der Waals surface area contributed by atoms with Crippen LogP contribution in [0, 0.1) is 18.8 Å². The van der Waals surface area contributed by atoms with E-state index in [-0.39, 0.29) is 6.61 Å². The zero-order chi connectivity index (χ0) is 38.0. The van der Waals surface area contributed by atoms with Gasteiger partial charge in [-0.15, -0.1) is 21.5 Å². The monoisotopic (exact) mass is 771 g/mol. The number of benzene rings is 2. The number of hydrogen-bond donors (Lipinski definition) is 0. The van der Waals surface area contributed by atoms with Crippen LogP contribution in [0.2, 0.25) is 25.7 Å². The third-order valence-electron chi connectivity index (χ3n) is 8.04. The molecule has 5 rings (SSSR count). The molecule has 0 amide bonds. The lowest BCUT2D eigenvalue weighted by Crippen LogP contribution is -2.23. The van der Waals surface area contributed by atoms with Crippen molar-refractivity contribution in [1.82, 2.24) is 24.6 Å². The second-order valence-electron chi connectivity index (χ2n) is 14.0. The van der Waals surface area contributed by atoms with E-state index in [0.29, 0.717) is 55.2 Å². The minimum absolute atomic E-state index is 0.264. The third-order valence-corrected chi connectivity index (χ3v) is 12.0. The van der Waals surface area contributed by atoms with Crippen LogP contribution >= 0.6 is 22.7 Å². The molecule has 11 nitrogen and oxygen atoms in total. The van der Waals surface area contributed by atoms with Crippen molar-refractivity contribution in [2.45, 2.75) is 59.1 Å². The summed E-state index contributed by atoms with van der Waals surface area (Å²) >= 11 is 3.04. The standard InChI is InChI=1S/C39H49N7O4S2Si/c1-9-49-37(47)35-33(17-13-23-50-30-20-18-29(19-21-30)14-12-22-44(3)4)52-38(40-35)45(5)34-26-28(2)36(43-42-34)41-39-46(27-48-24-25-53(6,7)8)31-15-10-11-16-32(31)51-39/h10-11,15-16,18-21,26H,9,13,17,22-25,27H2,1-8H3/b41-39-. The Kier molecular flexibility index (Phi) is 14.0. The fraction of sp³-hybridized carbons (Fsp3) is 0.410. The molecule has 0 saturated heterocycles. The number of nitrogens with zero attached hydrogens (tertiary/aromatic N) is 7. The predicted octanol–water partition coefficient (Wildman–Crippen LogP) is 7.67. The summed E-state index contributed by atoms with van der Waals surface area (Å²) in [5, 5.41) is 9.67. The number of carbonyl (C=O) groups excluding carboxylic acids is 1. The molecule has 0 aliphatic heterocycles. The SMILES string of the molecule is CCOC(=O)c1nc(N(C)c2cc(C)c(/N=c3\sc4ccccc4n3COCC[Si](C)(C)C)nn2)sc1CCCOc1ccc(C#CCN(C)C)cc1. The van der Waals surface area contributed by atoms with Crippen molar-refractivity contribution >= 4 is 63.7 Å². The van der Waals surface area contributed by atoms with Gasteiger partial charge in [-0.1, -0.05) is 55.0 Å². The quantitative estimate of drug-likeness (QED) is 0.0433. The molecule has 0 radical (unpaired) electrons. The van der Waals surface area contributed by atoms with Crippen LogP contribution in [0.1, 0.15) is 39.8 Å². The Morgan fingerprint density at radius 3 is 2.51 bits per heavy atom. The van der Waals surface area contributed by atoms with Gasteiger partial charge < -0.3 is 19.1 Å². The number of aromatic nitrogens is 4. The molecule has 3 heterocycles. The molecule has 0 unspecified atom stereocenters. The van der Waals surface area contributed by atoms with Crippen LogP contribution < -0.4 is 14.4 Å². The number of anilines is 2. The molecule has 0 atom stereocenters. The molecule has 3 aromatic heterocycles. The zero-order valence-corrected chi connectivity index (χ0v) is 34.6. The second kappa shape index (κ2) is 18.6. The molecular weight excluding hydrogens is 723 g/mol. The molecular formula is C39H49N7O4S2Si. The molecule has 2 aromatic carbocycles. The highest BCUT2D eigenvalue weighted by Crippen LogP contribution is 2.32. The Morgan fingerprint density at radius 2 is 1.79 bits per heavy atom. The number of ether oxygens (including phenoxy) is 3. The lowest BCUT2D eigenvalue weighted by Gasteiger charge is -2.16. The van der Waals surface area contributed by atoms with E-state index in [4.69, 9.17) is 24.2 Å². The molecule has 0 fully saturated rings. The van der Waals surface area contributed by atoms with Gasteiger partial charge in [0, 0.05) is 32.2 Å². The highest BCUT2D eigenvalue weighted by atomic mass is 32.1. The van der Waals surface area contributed by atoms with Gasteiger partial charge in [-0.25, -0.2) is 9.78 Å². The summed E-state index contributed by atoms with van der Waals surface area (Å²) < 4.78 is 20.7. The van der Waals surface area contributed by atoms with E-state index in [0.717, 1.165) is 49.4 Å². The van der Waals surface area contributed by atoms with Gasteiger partial charge >= 0.3 is 5.97 Å². The van der Waals surface area contributed by atoms with Crippen molar-refractivity contribution in [3.05, 3.63) is 81.1 Å². The van der Waals surface area contributed by atoms with Crippen LogP contribution in [-0.2, 0) is 22.6 Å². The molecule has 0 saturated carbocycles. The van der Waals surface area contributed by atoms with Crippen molar-refractivity contribution in [2.75, 3.05) is 52.4 Å². The summed E-state index contributed by atoms with van der Waals surface area (Å²) in [5.74, 6) is 7.75. The summed E-state index contributed by atoms with van der Waals surface area (Å²) in [4.78, 5) is 28.1. The highest BCUT2D eigenvalue weighted by Gasteiger charge is 2.22. The molecule has 0 spiro atoms. The first-order valence-electron chi connectivity index (χ1n) is 17.7. The zero-order valence-electron chi connectivity index (χ0n) is 31.9. The van der Waals surface area contributed by atoms with Crippen molar-refractivity contribution in [1.29, 1.82) is 0 Å². The first-order chi connectivity index (χ1) is 25.4. The average Bonchev–Trinajstić information content (AvgIpc) is 3.70. The number of carbonyl (C=O) groups is 1. The molecule has 53 heavy (non-hydrogen) atoms. The first-order valence-corrected chi connectivity index (χ1v) is 23.1. The lowest BCUT2D eigenvalue weighted by atomic mass is 10.2. The normalized spacial score (nSPS) is 11.9. The van der Waals surface area contributed by atoms with E-state index in [1.807, 2.05) is 80.3 Å². The fourth-order valence-electron chi connectivity index (χ4n) is 5.06.